The molecule has 19 heavy (non-hydrogen) atoms. The van der Waals surface area contributed by atoms with Gasteiger partial charge in [-0.2, -0.15) is 0 Å². The van der Waals surface area contributed by atoms with Crippen LogP contribution in [0.3, 0.4) is 0 Å². The molecule has 0 bridgehead atoms. The van der Waals surface area contributed by atoms with Crippen LogP contribution in [0.5, 0.6) is 0 Å². The SMILES string of the molecule is Cc1cc(NC(=O)CCN2CCOCC2)ccc1Br. The Morgan fingerprint density at radius 1 is 1.42 bits per heavy atom. The summed E-state index contributed by atoms with van der Waals surface area (Å²) in [5.41, 5.74) is 1.97. The molecule has 1 N–H and O–H groups in total. The van der Waals surface area contributed by atoms with Crippen molar-refractivity contribution in [2.24, 2.45) is 0 Å². The highest BCUT2D eigenvalue weighted by Gasteiger charge is 2.12. The summed E-state index contributed by atoms with van der Waals surface area (Å²) < 4.78 is 6.33. The number of aryl methyl sites for hydroxylation is 1. The molecule has 0 radical (unpaired) electrons. The number of carbonyl (C=O) groups is 1. The summed E-state index contributed by atoms with van der Waals surface area (Å²) in [6, 6.07) is 5.83. The standard InChI is InChI=1S/C14H19BrN2O2/c1-11-10-12(2-3-13(11)15)16-14(18)4-5-17-6-8-19-9-7-17/h2-3,10H,4-9H2,1H3,(H,16,18). The summed E-state index contributed by atoms with van der Waals surface area (Å²) in [6.07, 6.45) is 0.523. The Morgan fingerprint density at radius 3 is 2.84 bits per heavy atom. The van der Waals surface area contributed by atoms with Gasteiger partial charge in [0.1, 0.15) is 0 Å². The largest absolute Gasteiger partial charge is 0.379 e. The molecule has 104 valence electrons. The first-order valence-electron chi connectivity index (χ1n) is 6.51. The summed E-state index contributed by atoms with van der Waals surface area (Å²) in [6.45, 7) is 6.19. The van der Waals surface area contributed by atoms with Crippen LogP contribution in [0.25, 0.3) is 0 Å². The lowest BCUT2D eigenvalue weighted by atomic mass is 10.2. The second-order valence-electron chi connectivity index (χ2n) is 4.72. The molecular weight excluding hydrogens is 308 g/mol. The predicted molar refractivity (Wildman–Crippen MR) is 79.4 cm³/mol. The third-order valence-electron chi connectivity index (χ3n) is 3.20. The first kappa shape index (κ1) is 14.5. The summed E-state index contributed by atoms with van der Waals surface area (Å²) in [5, 5.41) is 2.93. The molecule has 1 heterocycles. The molecule has 0 aromatic heterocycles. The lowest BCUT2D eigenvalue weighted by molar-refractivity contribution is -0.116. The normalized spacial score (nSPS) is 16.3. The minimum absolute atomic E-state index is 0.0632. The first-order valence-corrected chi connectivity index (χ1v) is 7.30. The minimum atomic E-state index is 0.0632. The Hall–Kier alpha value is -0.910. The third-order valence-corrected chi connectivity index (χ3v) is 4.09. The number of anilines is 1. The van der Waals surface area contributed by atoms with Crippen LogP contribution in [-0.4, -0.2) is 43.7 Å². The van der Waals surface area contributed by atoms with Gasteiger partial charge >= 0.3 is 0 Å². The van der Waals surface area contributed by atoms with Crippen molar-refractivity contribution >= 4 is 27.5 Å². The van der Waals surface area contributed by atoms with Crippen molar-refractivity contribution in [2.75, 3.05) is 38.2 Å². The number of halogens is 1. The molecule has 1 aliphatic heterocycles. The molecule has 1 saturated heterocycles. The van der Waals surface area contributed by atoms with Gasteiger partial charge in [-0.25, -0.2) is 0 Å². The molecule has 5 heteroatoms. The van der Waals surface area contributed by atoms with Gasteiger partial charge in [-0.3, -0.25) is 9.69 Å². The van der Waals surface area contributed by atoms with Gasteiger partial charge in [-0.1, -0.05) is 15.9 Å². The van der Waals surface area contributed by atoms with Gasteiger partial charge in [0.2, 0.25) is 5.91 Å². The van der Waals surface area contributed by atoms with E-state index in [9.17, 15) is 4.79 Å². The quantitative estimate of drug-likeness (QED) is 0.923. The molecule has 0 spiro atoms. The van der Waals surface area contributed by atoms with E-state index >= 15 is 0 Å². The van der Waals surface area contributed by atoms with Crippen molar-refractivity contribution in [2.45, 2.75) is 13.3 Å². The van der Waals surface area contributed by atoms with Gasteiger partial charge in [-0.05, 0) is 30.7 Å². The second kappa shape index (κ2) is 7.03. The fourth-order valence-electron chi connectivity index (χ4n) is 2.03. The van der Waals surface area contributed by atoms with E-state index in [4.69, 9.17) is 4.74 Å². The maximum atomic E-state index is 11.9. The molecule has 0 atom stereocenters. The Balaban J connectivity index is 1.78. The maximum Gasteiger partial charge on any atom is 0.225 e. The van der Waals surface area contributed by atoms with Crippen LogP contribution in [0.4, 0.5) is 5.69 Å². The van der Waals surface area contributed by atoms with Gasteiger partial charge < -0.3 is 10.1 Å². The first-order chi connectivity index (χ1) is 9.15. The van der Waals surface area contributed by atoms with Gasteiger partial charge in [0.05, 0.1) is 13.2 Å². The van der Waals surface area contributed by atoms with E-state index in [1.54, 1.807) is 0 Å². The topological polar surface area (TPSA) is 41.6 Å². The Morgan fingerprint density at radius 2 is 2.16 bits per heavy atom. The van der Waals surface area contributed by atoms with E-state index < -0.39 is 0 Å². The van der Waals surface area contributed by atoms with Crippen LogP contribution < -0.4 is 5.32 Å². The Bertz CT molecular complexity index is 445. The zero-order valence-electron chi connectivity index (χ0n) is 11.1. The van der Waals surface area contributed by atoms with Gasteiger partial charge in [0.15, 0.2) is 0 Å². The number of ether oxygens (including phenoxy) is 1. The molecule has 1 fully saturated rings. The molecule has 1 aromatic carbocycles. The Kier molecular flexibility index (Phi) is 5.36. The molecule has 0 aliphatic carbocycles. The molecule has 0 unspecified atom stereocenters. The highest BCUT2D eigenvalue weighted by atomic mass is 79.9. The van der Waals surface area contributed by atoms with Crippen LogP contribution in [0.15, 0.2) is 22.7 Å². The number of rotatable bonds is 4. The van der Waals surface area contributed by atoms with Crippen molar-refractivity contribution in [3.63, 3.8) is 0 Å². The van der Waals surface area contributed by atoms with Crippen LogP contribution >= 0.6 is 15.9 Å². The predicted octanol–water partition coefficient (Wildman–Crippen LogP) is 2.42. The number of morpholine rings is 1. The van der Waals surface area contributed by atoms with Crippen molar-refractivity contribution in [3.05, 3.63) is 28.2 Å². The van der Waals surface area contributed by atoms with Gasteiger partial charge in [0.25, 0.3) is 0 Å². The van der Waals surface area contributed by atoms with Crippen LogP contribution in [-0.2, 0) is 9.53 Å². The average Bonchev–Trinajstić information content (AvgIpc) is 2.42. The van der Waals surface area contributed by atoms with E-state index in [2.05, 4.69) is 26.1 Å². The van der Waals surface area contributed by atoms with Crippen LogP contribution in [0.2, 0.25) is 0 Å². The minimum Gasteiger partial charge on any atom is -0.379 e. The average molecular weight is 327 g/mol. The highest BCUT2D eigenvalue weighted by molar-refractivity contribution is 9.10. The lowest BCUT2D eigenvalue weighted by Crippen LogP contribution is -2.38. The number of amides is 1. The molecule has 1 aliphatic rings. The number of benzene rings is 1. The number of carbonyl (C=O) groups excluding carboxylic acids is 1. The summed E-state index contributed by atoms with van der Waals surface area (Å²) in [7, 11) is 0. The number of hydrogen-bond acceptors (Lipinski definition) is 3. The molecule has 2 rings (SSSR count). The number of nitrogens with one attached hydrogen (secondary N) is 1. The molecular formula is C14H19BrN2O2. The van der Waals surface area contributed by atoms with Crippen molar-refractivity contribution in [1.82, 2.24) is 4.90 Å². The maximum absolute atomic E-state index is 11.9. The van der Waals surface area contributed by atoms with Crippen LogP contribution in [0.1, 0.15) is 12.0 Å². The van der Waals surface area contributed by atoms with Crippen molar-refractivity contribution in [1.29, 1.82) is 0 Å². The van der Waals surface area contributed by atoms with Crippen LogP contribution in [0, 0.1) is 6.92 Å². The summed E-state index contributed by atoms with van der Waals surface area (Å²) in [5.74, 6) is 0.0632. The van der Waals surface area contributed by atoms with E-state index in [0.717, 1.165) is 48.6 Å². The van der Waals surface area contributed by atoms with E-state index in [-0.39, 0.29) is 5.91 Å². The monoisotopic (exact) mass is 326 g/mol. The number of hydrogen-bond donors (Lipinski definition) is 1. The van der Waals surface area contributed by atoms with Gasteiger partial charge in [-0.15, -0.1) is 0 Å². The molecule has 1 amide bonds. The Labute approximate surface area is 122 Å². The fourth-order valence-corrected chi connectivity index (χ4v) is 2.28. The summed E-state index contributed by atoms with van der Waals surface area (Å²) in [4.78, 5) is 14.1. The molecule has 4 nitrogen and oxygen atoms in total. The molecule has 1 aromatic rings. The van der Waals surface area contributed by atoms with E-state index in [1.807, 2.05) is 25.1 Å². The smallest absolute Gasteiger partial charge is 0.225 e. The second-order valence-corrected chi connectivity index (χ2v) is 5.57. The van der Waals surface area contributed by atoms with Crippen molar-refractivity contribution < 1.29 is 9.53 Å². The summed E-state index contributed by atoms with van der Waals surface area (Å²) >= 11 is 3.45. The molecule has 0 saturated carbocycles. The zero-order chi connectivity index (χ0) is 13.7. The van der Waals surface area contributed by atoms with Crippen molar-refractivity contribution in [3.8, 4) is 0 Å². The highest BCUT2D eigenvalue weighted by Crippen LogP contribution is 2.20. The van der Waals surface area contributed by atoms with E-state index in [0.29, 0.717) is 6.42 Å². The van der Waals surface area contributed by atoms with Gasteiger partial charge in [0, 0.05) is 36.2 Å². The lowest BCUT2D eigenvalue weighted by Gasteiger charge is -2.26. The third kappa shape index (κ3) is 4.60. The van der Waals surface area contributed by atoms with E-state index in [1.165, 1.54) is 0 Å². The fraction of sp³-hybridized carbons (Fsp3) is 0.500. The number of nitrogens with zero attached hydrogens (tertiary/aromatic N) is 1. The zero-order valence-corrected chi connectivity index (χ0v) is 12.7.